The van der Waals surface area contributed by atoms with Crippen LogP contribution in [0.4, 0.5) is 5.82 Å². The van der Waals surface area contributed by atoms with E-state index in [1.807, 2.05) is 32.9 Å². The van der Waals surface area contributed by atoms with Crippen molar-refractivity contribution in [3.8, 4) is 0 Å². The zero-order valence-electron chi connectivity index (χ0n) is 12.8. The summed E-state index contributed by atoms with van der Waals surface area (Å²) in [5.41, 5.74) is 0.235. The third-order valence-electron chi connectivity index (χ3n) is 3.28. The standard InChI is InChI=1S/C15H24N4O/c1-15(2,3)17-14(20)12-6-5-7-13(16-12)19-10-8-18(4)9-11-19/h5-7H,8-11H2,1-4H3,(H,17,20). The lowest BCUT2D eigenvalue weighted by molar-refractivity contribution is 0.0914. The molecule has 20 heavy (non-hydrogen) atoms. The third kappa shape index (κ3) is 3.93. The van der Waals surface area contributed by atoms with Gasteiger partial charge in [-0.25, -0.2) is 4.98 Å². The normalized spacial score (nSPS) is 17.1. The van der Waals surface area contributed by atoms with E-state index >= 15 is 0 Å². The second-order valence-corrected chi connectivity index (χ2v) is 6.38. The van der Waals surface area contributed by atoms with E-state index in [9.17, 15) is 4.79 Å². The Morgan fingerprint density at radius 3 is 2.45 bits per heavy atom. The molecular formula is C15H24N4O. The molecule has 0 spiro atoms. The van der Waals surface area contributed by atoms with Gasteiger partial charge in [-0.05, 0) is 40.0 Å². The molecule has 0 unspecified atom stereocenters. The number of rotatable bonds is 2. The molecule has 1 aliphatic heterocycles. The van der Waals surface area contributed by atoms with E-state index in [1.54, 1.807) is 6.07 Å². The first-order valence-corrected chi connectivity index (χ1v) is 7.08. The molecule has 0 saturated carbocycles. The van der Waals surface area contributed by atoms with Gasteiger partial charge in [-0.3, -0.25) is 4.79 Å². The molecule has 1 aliphatic rings. The van der Waals surface area contributed by atoms with Crippen LogP contribution in [0.2, 0.25) is 0 Å². The van der Waals surface area contributed by atoms with Crippen molar-refractivity contribution in [1.82, 2.24) is 15.2 Å². The Kier molecular flexibility index (Phi) is 4.28. The number of nitrogens with one attached hydrogen (secondary N) is 1. The largest absolute Gasteiger partial charge is 0.354 e. The summed E-state index contributed by atoms with van der Waals surface area (Å²) in [5, 5.41) is 2.94. The highest BCUT2D eigenvalue weighted by atomic mass is 16.2. The van der Waals surface area contributed by atoms with Crippen LogP contribution >= 0.6 is 0 Å². The van der Waals surface area contributed by atoms with Crippen molar-refractivity contribution < 1.29 is 4.79 Å². The molecule has 0 aromatic carbocycles. The maximum atomic E-state index is 12.1. The highest BCUT2D eigenvalue weighted by Crippen LogP contribution is 2.14. The summed E-state index contributed by atoms with van der Waals surface area (Å²) < 4.78 is 0. The number of anilines is 1. The van der Waals surface area contributed by atoms with Crippen LogP contribution in [0, 0.1) is 0 Å². The Morgan fingerprint density at radius 2 is 1.85 bits per heavy atom. The molecule has 0 atom stereocenters. The van der Waals surface area contributed by atoms with Crippen LogP contribution in [0.1, 0.15) is 31.3 Å². The predicted molar refractivity (Wildman–Crippen MR) is 81.2 cm³/mol. The van der Waals surface area contributed by atoms with Crippen LogP contribution in [0.15, 0.2) is 18.2 Å². The van der Waals surface area contributed by atoms with E-state index in [1.165, 1.54) is 0 Å². The predicted octanol–water partition coefficient (Wildman–Crippen LogP) is 1.36. The molecule has 5 nitrogen and oxygen atoms in total. The minimum absolute atomic E-state index is 0.117. The summed E-state index contributed by atoms with van der Waals surface area (Å²) in [7, 11) is 2.12. The highest BCUT2D eigenvalue weighted by molar-refractivity contribution is 5.93. The number of aromatic nitrogens is 1. The number of piperazine rings is 1. The Morgan fingerprint density at radius 1 is 1.20 bits per heavy atom. The first-order valence-electron chi connectivity index (χ1n) is 7.08. The third-order valence-corrected chi connectivity index (χ3v) is 3.28. The van der Waals surface area contributed by atoms with E-state index in [0.717, 1.165) is 32.0 Å². The van der Waals surface area contributed by atoms with Crippen LogP contribution < -0.4 is 10.2 Å². The average molecular weight is 276 g/mol. The first kappa shape index (κ1) is 14.8. The van der Waals surface area contributed by atoms with Crippen LogP contribution in [0.3, 0.4) is 0 Å². The molecule has 2 heterocycles. The second-order valence-electron chi connectivity index (χ2n) is 6.38. The van der Waals surface area contributed by atoms with Crippen molar-refractivity contribution in [2.24, 2.45) is 0 Å². The summed E-state index contributed by atoms with van der Waals surface area (Å²) in [4.78, 5) is 21.2. The molecule has 1 aromatic heterocycles. The molecule has 1 saturated heterocycles. The van der Waals surface area contributed by atoms with Gasteiger partial charge in [0.15, 0.2) is 0 Å². The molecule has 0 bridgehead atoms. The number of amides is 1. The van der Waals surface area contributed by atoms with E-state index < -0.39 is 0 Å². The fourth-order valence-corrected chi connectivity index (χ4v) is 2.17. The van der Waals surface area contributed by atoms with E-state index in [2.05, 4.69) is 27.1 Å². The van der Waals surface area contributed by atoms with Gasteiger partial charge in [-0.15, -0.1) is 0 Å². The minimum Gasteiger partial charge on any atom is -0.354 e. The lowest BCUT2D eigenvalue weighted by atomic mass is 10.1. The number of likely N-dealkylation sites (N-methyl/N-ethyl adjacent to an activating group) is 1. The fourth-order valence-electron chi connectivity index (χ4n) is 2.17. The number of pyridine rings is 1. The zero-order chi connectivity index (χ0) is 14.8. The average Bonchev–Trinajstić information content (AvgIpc) is 2.38. The smallest absolute Gasteiger partial charge is 0.270 e. The number of nitrogens with zero attached hydrogens (tertiary/aromatic N) is 3. The first-order chi connectivity index (χ1) is 9.35. The molecule has 5 heteroatoms. The molecule has 0 aliphatic carbocycles. The van der Waals surface area contributed by atoms with Crippen LogP contribution in [-0.2, 0) is 0 Å². The van der Waals surface area contributed by atoms with Gasteiger partial charge in [-0.1, -0.05) is 6.07 Å². The topological polar surface area (TPSA) is 48.5 Å². The monoisotopic (exact) mass is 276 g/mol. The Hall–Kier alpha value is -1.62. The second kappa shape index (κ2) is 5.79. The molecular weight excluding hydrogens is 252 g/mol. The van der Waals surface area contributed by atoms with Gasteiger partial charge in [0.25, 0.3) is 5.91 Å². The van der Waals surface area contributed by atoms with E-state index in [4.69, 9.17) is 0 Å². The summed E-state index contributed by atoms with van der Waals surface area (Å²) in [5.74, 6) is 0.771. The Labute approximate surface area is 121 Å². The minimum atomic E-state index is -0.247. The fraction of sp³-hybridized carbons (Fsp3) is 0.600. The van der Waals surface area contributed by atoms with Gasteiger partial charge in [-0.2, -0.15) is 0 Å². The number of carbonyl (C=O) groups is 1. The molecule has 2 rings (SSSR count). The van der Waals surface area contributed by atoms with Crippen molar-refractivity contribution in [1.29, 1.82) is 0 Å². The quantitative estimate of drug-likeness (QED) is 0.886. The lowest BCUT2D eigenvalue weighted by Gasteiger charge is -2.33. The summed E-state index contributed by atoms with van der Waals surface area (Å²) in [6.45, 7) is 9.86. The number of hydrogen-bond acceptors (Lipinski definition) is 4. The highest BCUT2D eigenvalue weighted by Gasteiger charge is 2.19. The lowest BCUT2D eigenvalue weighted by Crippen LogP contribution is -2.45. The van der Waals surface area contributed by atoms with Gasteiger partial charge in [0.1, 0.15) is 11.5 Å². The molecule has 1 fully saturated rings. The zero-order valence-corrected chi connectivity index (χ0v) is 12.8. The summed E-state index contributed by atoms with van der Waals surface area (Å²) >= 11 is 0. The Bertz CT molecular complexity index is 473. The van der Waals surface area contributed by atoms with E-state index in [0.29, 0.717) is 5.69 Å². The number of hydrogen-bond donors (Lipinski definition) is 1. The van der Waals surface area contributed by atoms with Gasteiger partial charge in [0.2, 0.25) is 0 Å². The molecule has 1 amide bonds. The molecule has 110 valence electrons. The Balaban J connectivity index is 2.10. The van der Waals surface area contributed by atoms with Crippen molar-refractivity contribution in [3.05, 3.63) is 23.9 Å². The van der Waals surface area contributed by atoms with Crippen molar-refractivity contribution in [2.45, 2.75) is 26.3 Å². The van der Waals surface area contributed by atoms with Crippen LogP contribution in [0.25, 0.3) is 0 Å². The van der Waals surface area contributed by atoms with Crippen molar-refractivity contribution in [3.63, 3.8) is 0 Å². The van der Waals surface area contributed by atoms with Crippen molar-refractivity contribution in [2.75, 3.05) is 38.1 Å². The van der Waals surface area contributed by atoms with Crippen molar-refractivity contribution >= 4 is 11.7 Å². The molecule has 1 aromatic rings. The van der Waals surface area contributed by atoms with Gasteiger partial charge in [0.05, 0.1) is 0 Å². The maximum Gasteiger partial charge on any atom is 0.270 e. The van der Waals surface area contributed by atoms with Gasteiger partial charge < -0.3 is 15.1 Å². The number of carbonyl (C=O) groups excluding carboxylic acids is 1. The van der Waals surface area contributed by atoms with Crippen LogP contribution in [-0.4, -0.2) is 54.6 Å². The van der Waals surface area contributed by atoms with Gasteiger partial charge >= 0.3 is 0 Å². The maximum absolute atomic E-state index is 12.1. The molecule has 1 N–H and O–H groups in total. The van der Waals surface area contributed by atoms with E-state index in [-0.39, 0.29) is 11.4 Å². The van der Waals surface area contributed by atoms with Crippen LogP contribution in [0.5, 0.6) is 0 Å². The molecule has 0 radical (unpaired) electrons. The van der Waals surface area contributed by atoms with Gasteiger partial charge in [0, 0.05) is 31.7 Å². The summed E-state index contributed by atoms with van der Waals surface area (Å²) in [6.07, 6.45) is 0. The summed E-state index contributed by atoms with van der Waals surface area (Å²) in [6, 6.07) is 5.64. The SMILES string of the molecule is CN1CCN(c2cccc(C(=O)NC(C)(C)C)n2)CC1.